The standard InChI is InChI=1S/C12H11ClO5/c1-18-9-4-2-3-7(11(9)13)5-8(12(16)17)6-10(14)15/h2-5H,6H2,1H3,(H,14,15)(H,16,17)/b8-5+. The number of hydrogen-bond donors (Lipinski definition) is 2. The minimum absolute atomic E-state index is 0.240. The van der Waals surface area contributed by atoms with Crippen molar-refractivity contribution in [2.75, 3.05) is 7.11 Å². The molecule has 0 aromatic heterocycles. The Hall–Kier alpha value is -2.01. The largest absolute Gasteiger partial charge is 0.495 e. The van der Waals surface area contributed by atoms with Gasteiger partial charge in [-0.2, -0.15) is 0 Å². The van der Waals surface area contributed by atoms with Gasteiger partial charge in [-0.25, -0.2) is 4.79 Å². The van der Waals surface area contributed by atoms with Gasteiger partial charge in [0.05, 0.1) is 18.6 Å². The Kier molecular flexibility index (Phi) is 4.74. The van der Waals surface area contributed by atoms with E-state index in [0.29, 0.717) is 11.3 Å². The summed E-state index contributed by atoms with van der Waals surface area (Å²) in [5.41, 5.74) is 0.146. The van der Waals surface area contributed by atoms with E-state index >= 15 is 0 Å². The maximum Gasteiger partial charge on any atom is 0.332 e. The van der Waals surface area contributed by atoms with E-state index in [4.69, 9.17) is 26.6 Å². The molecule has 0 heterocycles. The molecule has 0 atom stereocenters. The molecule has 0 spiro atoms. The van der Waals surface area contributed by atoms with Crippen molar-refractivity contribution in [3.63, 3.8) is 0 Å². The van der Waals surface area contributed by atoms with Crippen molar-refractivity contribution in [2.24, 2.45) is 0 Å². The summed E-state index contributed by atoms with van der Waals surface area (Å²) in [4.78, 5) is 21.4. The van der Waals surface area contributed by atoms with Crippen LogP contribution >= 0.6 is 11.6 Å². The SMILES string of the molecule is COc1cccc(/C=C(\CC(=O)O)C(=O)O)c1Cl. The highest BCUT2D eigenvalue weighted by atomic mass is 35.5. The number of carboxylic acids is 2. The second-order valence-electron chi connectivity index (χ2n) is 3.41. The molecule has 96 valence electrons. The molecule has 0 aliphatic rings. The summed E-state index contributed by atoms with van der Waals surface area (Å²) in [6.45, 7) is 0. The Morgan fingerprint density at radius 3 is 2.56 bits per heavy atom. The number of hydrogen-bond acceptors (Lipinski definition) is 3. The van der Waals surface area contributed by atoms with E-state index in [1.54, 1.807) is 18.2 Å². The lowest BCUT2D eigenvalue weighted by Gasteiger charge is -2.06. The first-order valence-electron chi connectivity index (χ1n) is 4.94. The number of rotatable bonds is 5. The molecule has 1 rings (SSSR count). The van der Waals surface area contributed by atoms with E-state index in [1.165, 1.54) is 13.2 Å². The lowest BCUT2D eigenvalue weighted by Crippen LogP contribution is -2.06. The molecule has 1 aromatic carbocycles. The molecular formula is C12H11ClO5. The lowest BCUT2D eigenvalue weighted by molar-refractivity contribution is -0.139. The Labute approximate surface area is 108 Å². The summed E-state index contributed by atoms with van der Waals surface area (Å²) in [5, 5.41) is 17.8. The Bertz CT molecular complexity index is 507. The van der Waals surface area contributed by atoms with E-state index in [-0.39, 0.29) is 10.6 Å². The van der Waals surface area contributed by atoms with Gasteiger partial charge in [-0.1, -0.05) is 23.7 Å². The normalized spacial score (nSPS) is 11.1. The van der Waals surface area contributed by atoms with Crippen LogP contribution in [0.5, 0.6) is 5.75 Å². The molecule has 0 aliphatic heterocycles. The van der Waals surface area contributed by atoms with Crippen molar-refractivity contribution < 1.29 is 24.5 Å². The zero-order valence-corrected chi connectivity index (χ0v) is 10.3. The van der Waals surface area contributed by atoms with Gasteiger partial charge in [0, 0.05) is 5.57 Å². The summed E-state index contributed by atoms with van der Waals surface area (Å²) >= 11 is 5.98. The van der Waals surface area contributed by atoms with Crippen LogP contribution in [0.15, 0.2) is 23.8 Å². The molecule has 18 heavy (non-hydrogen) atoms. The maximum atomic E-state index is 10.9. The molecule has 6 heteroatoms. The van der Waals surface area contributed by atoms with Crippen LogP contribution in [0.4, 0.5) is 0 Å². The van der Waals surface area contributed by atoms with Gasteiger partial charge >= 0.3 is 11.9 Å². The Morgan fingerprint density at radius 1 is 1.39 bits per heavy atom. The van der Waals surface area contributed by atoms with Crippen molar-refractivity contribution in [3.8, 4) is 5.75 Å². The monoisotopic (exact) mass is 270 g/mol. The molecular weight excluding hydrogens is 260 g/mol. The third-order valence-corrected chi connectivity index (χ3v) is 2.56. The number of halogens is 1. The second-order valence-corrected chi connectivity index (χ2v) is 3.79. The Balaban J connectivity index is 3.19. The molecule has 0 saturated heterocycles. The molecule has 0 aliphatic carbocycles. The number of carbonyl (C=O) groups is 2. The molecule has 2 N–H and O–H groups in total. The van der Waals surface area contributed by atoms with Crippen LogP contribution in [0.1, 0.15) is 12.0 Å². The molecule has 0 bridgehead atoms. The summed E-state index contributed by atoms with van der Waals surface area (Å²) in [7, 11) is 1.43. The maximum absolute atomic E-state index is 10.9. The smallest absolute Gasteiger partial charge is 0.332 e. The third kappa shape index (κ3) is 3.49. The lowest BCUT2D eigenvalue weighted by atomic mass is 10.1. The molecule has 1 aromatic rings. The van der Waals surface area contributed by atoms with Gasteiger partial charge in [0.25, 0.3) is 0 Å². The van der Waals surface area contributed by atoms with Crippen molar-refractivity contribution in [3.05, 3.63) is 34.4 Å². The highest BCUT2D eigenvalue weighted by Gasteiger charge is 2.13. The molecule has 0 amide bonds. The van der Waals surface area contributed by atoms with E-state index in [1.807, 2.05) is 0 Å². The van der Waals surface area contributed by atoms with Crippen LogP contribution in [0.2, 0.25) is 5.02 Å². The van der Waals surface area contributed by atoms with Gasteiger partial charge in [-0.15, -0.1) is 0 Å². The average Bonchev–Trinajstić information content (AvgIpc) is 2.30. The van der Waals surface area contributed by atoms with E-state index < -0.39 is 18.4 Å². The van der Waals surface area contributed by atoms with Crippen LogP contribution < -0.4 is 4.74 Å². The van der Waals surface area contributed by atoms with E-state index in [0.717, 1.165) is 0 Å². The van der Waals surface area contributed by atoms with Crippen molar-refractivity contribution in [2.45, 2.75) is 6.42 Å². The molecule has 0 fully saturated rings. The van der Waals surface area contributed by atoms with Gasteiger partial charge in [-0.3, -0.25) is 4.79 Å². The van der Waals surface area contributed by atoms with Crippen LogP contribution in [0.25, 0.3) is 6.08 Å². The molecule has 0 radical (unpaired) electrons. The quantitative estimate of drug-likeness (QED) is 0.802. The fourth-order valence-electron chi connectivity index (χ4n) is 1.34. The van der Waals surface area contributed by atoms with Crippen molar-refractivity contribution in [1.29, 1.82) is 0 Å². The third-order valence-electron chi connectivity index (χ3n) is 2.16. The van der Waals surface area contributed by atoms with Gasteiger partial charge < -0.3 is 14.9 Å². The second kappa shape index (κ2) is 6.07. The van der Waals surface area contributed by atoms with Gasteiger partial charge in [0.1, 0.15) is 5.75 Å². The number of benzene rings is 1. The first-order valence-corrected chi connectivity index (χ1v) is 5.31. The predicted molar refractivity (Wildman–Crippen MR) is 65.9 cm³/mol. The molecule has 0 saturated carbocycles. The van der Waals surface area contributed by atoms with Crippen LogP contribution in [0, 0.1) is 0 Å². The van der Waals surface area contributed by atoms with E-state index in [2.05, 4.69) is 0 Å². The minimum atomic E-state index is -1.30. The number of ether oxygens (including phenoxy) is 1. The number of methoxy groups -OCH3 is 1. The van der Waals surface area contributed by atoms with Gasteiger partial charge in [-0.05, 0) is 17.7 Å². The topological polar surface area (TPSA) is 83.8 Å². The van der Waals surface area contributed by atoms with Crippen molar-refractivity contribution in [1.82, 2.24) is 0 Å². The van der Waals surface area contributed by atoms with Gasteiger partial charge in [0.2, 0.25) is 0 Å². The zero-order valence-electron chi connectivity index (χ0n) is 9.51. The molecule has 5 nitrogen and oxygen atoms in total. The average molecular weight is 271 g/mol. The van der Waals surface area contributed by atoms with Crippen LogP contribution in [-0.4, -0.2) is 29.3 Å². The predicted octanol–water partition coefficient (Wildman–Crippen LogP) is 2.29. The summed E-state index contributed by atoms with van der Waals surface area (Å²) in [5.74, 6) is -2.12. The van der Waals surface area contributed by atoms with Gasteiger partial charge in [0.15, 0.2) is 0 Å². The fourth-order valence-corrected chi connectivity index (χ4v) is 1.59. The highest BCUT2D eigenvalue weighted by Crippen LogP contribution is 2.29. The summed E-state index contributed by atoms with van der Waals surface area (Å²) < 4.78 is 4.98. The zero-order chi connectivity index (χ0) is 13.7. The minimum Gasteiger partial charge on any atom is -0.495 e. The van der Waals surface area contributed by atoms with E-state index in [9.17, 15) is 9.59 Å². The summed E-state index contributed by atoms with van der Waals surface area (Å²) in [6, 6.07) is 4.84. The number of aliphatic carboxylic acids is 2. The first kappa shape index (κ1) is 14.1. The van der Waals surface area contributed by atoms with Crippen LogP contribution in [-0.2, 0) is 9.59 Å². The van der Waals surface area contributed by atoms with Crippen LogP contribution in [0.3, 0.4) is 0 Å². The molecule has 0 unspecified atom stereocenters. The fraction of sp³-hybridized carbons (Fsp3) is 0.167. The summed E-state index contributed by atoms with van der Waals surface area (Å²) in [6.07, 6.45) is 0.643. The number of carboxylic acid groups (broad SMARTS) is 2. The van der Waals surface area contributed by atoms with Crippen molar-refractivity contribution >= 4 is 29.6 Å². The Morgan fingerprint density at radius 2 is 2.06 bits per heavy atom. The first-order chi connectivity index (χ1) is 8.45. The highest BCUT2D eigenvalue weighted by molar-refractivity contribution is 6.33.